The average Bonchev–Trinajstić information content (AvgIpc) is 3.44. The van der Waals surface area contributed by atoms with Crippen LogP contribution in [0.1, 0.15) is 24.3 Å². The Kier molecular flexibility index (Phi) is 6.50. The summed E-state index contributed by atoms with van der Waals surface area (Å²) in [5.41, 5.74) is 2.39. The molecule has 1 N–H and O–H groups in total. The minimum Gasteiger partial charge on any atom is -0.339 e. The van der Waals surface area contributed by atoms with Crippen LogP contribution in [0.25, 0.3) is 22.6 Å². The molecule has 0 radical (unpaired) electrons. The predicted octanol–water partition coefficient (Wildman–Crippen LogP) is 5.18. The van der Waals surface area contributed by atoms with Crippen molar-refractivity contribution in [2.24, 2.45) is 0 Å². The largest absolute Gasteiger partial charge is 0.339 e. The zero-order chi connectivity index (χ0) is 23.4. The molecule has 4 rings (SSSR count). The number of aryl methyl sites for hydroxylation is 2. The van der Waals surface area contributed by atoms with Crippen LogP contribution in [0, 0.1) is 22.9 Å². The normalized spacial score (nSPS) is 10.8. The first kappa shape index (κ1) is 22.2. The fourth-order valence-corrected chi connectivity index (χ4v) is 3.82. The number of anilines is 1. The molecule has 1 amide bonds. The lowest BCUT2D eigenvalue weighted by molar-refractivity contribution is -0.385. The topological polar surface area (TPSA) is 124 Å². The van der Waals surface area contributed by atoms with Crippen molar-refractivity contribution in [2.75, 3.05) is 5.32 Å². The maximum atomic E-state index is 13.0. The van der Waals surface area contributed by atoms with E-state index in [0.29, 0.717) is 52.1 Å². The molecular weight excluding hydrogens is 449 g/mol. The van der Waals surface area contributed by atoms with Crippen molar-refractivity contribution in [3.8, 4) is 22.6 Å². The number of amides is 1. The first-order chi connectivity index (χ1) is 15.9. The van der Waals surface area contributed by atoms with Gasteiger partial charge >= 0.3 is 0 Å². The quantitative estimate of drug-likeness (QED) is 0.280. The Morgan fingerprint density at radius 1 is 1.18 bits per heavy atom. The number of nitrogens with one attached hydrogen (secondary N) is 1. The van der Waals surface area contributed by atoms with Gasteiger partial charge in [-0.25, -0.2) is 9.37 Å². The molecule has 2 aromatic carbocycles. The summed E-state index contributed by atoms with van der Waals surface area (Å²) in [4.78, 5) is 31.6. The lowest BCUT2D eigenvalue weighted by Gasteiger charge is -2.01. The summed E-state index contributed by atoms with van der Waals surface area (Å²) >= 11 is 1.24. The van der Waals surface area contributed by atoms with Gasteiger partial charge in [-0.05, 0) is 37.6 Å². The fraction of sp³-hybridized carbons (Fsp3) is 0.182. The lowest BCUT2D eigenvalue weighted by Crippen LogP contribution is -2.11. The minimum absolute atomic E-state index is 0.0229. The highest BCUT2D eigenvalue weighted by atomic mass is 32.1. The number of hydrogen-bond acceptors (Lipinski definition) is 8. The zero-order valence-electron chi connectivity index (χ0n) is 17.4. The molecule has 0 saturated carbocycles. The van der Waals surface area contributed by atoms with E-state index >= 15 is 0 Å². The molecule has 0 spiro atoms. The summed E-state index contributed by atoms with van der Waals surface area (Å²) in [7, 11) is 0. The molecule has 11 heteroatoms. The highest BCUT2D eigenvalue weighted by molar-refractivity contribution is 7.14. The van der Waals surface area contributed by atoms with Crippen LogP contribution in [0.2, 0.25) is 0 Å². The van der Waals surface area contributed by atoms with Crippen molar-refractivity contribution < 1.29 is 18.6 Å². The van der Waals surface area contributed by atoms with E-state index in [2.05, 4.69) is 20.4 Å². The van der Waals surface area contributed by atoms with Crippen LogP contribution in [-0.4, -0.2) is 26.0 Å². The third kappa shape index (κ3) is 5.44. The van der Waals surface area contributed by atoms with Crippen LogP contribution < -0.4 is 5.32 Å². The fourth-order valence-electron chi connectivity index (χ4n) is 3.08. The van der Waals surface area contributed by atoms with Crippen LogP contribution in [0.15, 0.2) is 52.4 Å². The van der Waals surface area contributed by atoms with E-state index in [1.807, 2.05) is 0 Å². The number of carbonyl (C=O) groups excluding carboxylic acids is 1. The molecule has 4 aromatic rings. The number of carbonyl (C=O) groups is 1. The van der Waals surface area contributed by atoms with Crippen molar-refractivity contribution in [3.63, 3.8) is 0 Å². The molecule has 9 nitrogen and oxygen atoms in total. The Balaban J connectivity index is 1.30. The van der Waals surface area contributed by atoms with Crippen LogP contribution in [-0.2, 0) is 11.2 Å². The molecule has 2 aromatic heterocycles. The van der Waals surface area contributed by atoms with E-state index in [1.54, 1.807) is 36.6 Å². The molecule has 0 aliphatic carbocycles. The Labute approximate surface area is 191 Å². The number of nitro benzene ring substituents is 1. The van der Waals surface area contributed by atoms with Crippen LogP contribution in [0.4, 0.5) is 15.2 Å². The van der Waals surface area contributed by atoms with Gasteiger partial charge in [0.05, 0.1) is 10.6 Å². The molecule has 0 bridgehead atoms. The van der Waals surface area contributed by atoms with E-state index in [1.165, 1.54) is 29.5 Å². The molecule has 0 saturated heterocycles. The summed E-state index contributed by atoms with van der Waals surface area (Å²) in [6.07, 6.45) is 1.12. The number of hydrogen-bond donors (Lipinski definition) is 1. The standard InChI is InChI=1S/C22H18FN5O4S/c1-13-5-6-15(11-18(13)28(30)31)17-12-33-22(24-17)25-19(29)3-2-4-20-26-21(27-32-20)14-7-9-16(23)10-8-14/h5-12H,2-4H2,1H3,(H,24,25,29). The summed E-state index contributed by atoms with van der Waals surface area (Å²) in [5, 5.41) is 19.9. The Hall–Kier alpha value is -3.99. The van der Waals surface area contributed by atoms with Gasteiger partial charge in [-0.3, -0.25) is 14.9 Å². The maximum absolute atomic E-state index is 13.0. The summed E-state index contributed by atoms with van der Waals surface area (Å²) in [5.74, 6) is 0.186. The van der Waals surface area contributed by atoms with Crippen molar-refractivity contribution >= 4 is 28.1 Å². The van der Waals surface area contributed by atoms with Crippen molar-refractivity contribution in [2.45, 2.75) is 26.2 Å². The molecule has 33 heavy (non-hydrogen) atoms. The van der Waals surface area contributed by atoms with Gasteiger partial charge in [-0.15, -0.1) is 11.3 Å². The van der Waals surface area contributed by atoms with Crippen LogP contribution >= 0.6 is 11.3 Å². The van der Waals surface area contributed by atoms with E-state index in [-0.39, 0.29) is 23.8 Å². The lowest BCUT2D eigenvalue weighted by atomic mass is 10.1. The Bertz CT molecular complexity index is 1300. The smallest absolute Gasteiger partial charge is 0.272 e. The van der Waals surface area contributed by atoms with Gasteiger partial charge in [0.2, 0.25) is 17.6 Å². The first-order valence-electron chi connectivity index (χ1n) is 9.98. The van der Waals surface area contributed by atoms with E-state index in [0.717, 1.165) is 0 Å². The molecule has 0 aliphatic heterocycles. The Morgan fingerprint density at radius 3 is 2.70 bits per heavy atom. The number of halogens is 1. The third-order valence-corrected chi connectivity index (χ3v) is 5.57. The predicted molar refractivity (Wildman–Crippen MR) is 120 cm³/mol. The Morgan fingerprint density at radius 2 is 1.94 bits per heavy atom. The van der Waals surface area contributed by atoms with E-state index in [9.17, 15) is 19.3 Å². The molecule has 0 aliphatic rings. The maximum Gasteiger partial charge on any atom is 0.272 e. The molecular formula is C22H18FN5O4S. The van der Waals surface area contributed by atoms with Crippen molar-refractivity contribution in [1.82, 2.24) is 15.1 Å². The number of aromatic nitrogens is 3. The summed E-state index contributed by atoms with van der Waals surface area (Å²) < 4.78 is 18.2. The van der Waals surface area contributed by atoms with Crippen molar-refractivity contribution in [3.05, 3.63) is 75.2 Å². The summed E-state index contributed by atoms with van der Waals surface area (Å²) in [6.45, 7) is 1.67. The summed E-state index contributed by atoms with van der Waals surface area (Å²) in [6, 6.07) is 10.7. The molecule has 168 valence electrons. The first-order valence-corrected chi connectivity index (χ1v) is 10.9. The van der Waals surface area contributed by atoms with Gasteiger partial charge in [0.15, 0.2) is 5.13 Å². The highest BCUT2D eigenvalue weighted by Gasteiger charge is 2.15. The third-order valence-electron chi connectivity index (χ3n) is 4.82. The molecule has 0 unspecified atom stereocenters. The van der Waals surface area contributed by atoms with Crippen molar-refractivity contribution in [1.29, 1.82) is 0 Å². The van der Waals surface area contributed by atoms with Gasteiger partial charge in [0.1, 0.15) is 5.82 Å². The van der Waals surface area contributed by atoms with E-state index in [4.69, 9.17) is 4.52 Å². The molecule has 2 heterocycles. The van der Waals surface area contributed by atoms with Gasteiger partial charge in [0, 0.05) is 41.0 Å². The van der Waals surface area contributed by atoms with Crippen LogP contribution in [0.5, 0.6) is 0 Å². The number of benzene rings is 2. The second-order valence-corrected chi connectivity index (χ2v) is 8.07. The second kappa shape index (κ2) is 9.65. The highest BCUT2D eigenvalue weighted by Crippen LogP contribution is 2.29. The number of nitro groups is 1. The SMILES string of the molecule is Cc1ccc(-c2csc(NC(=O)CCCc3nc(-c4ccc(F)cc4)no3)n2)cc1[N+](=O)[O-]. The number of thiazole rings is 1. The second-order valence-electron chi connectivity index (χ2n) is 7.22. The molecule has 0 atom stereocenters. The van der Waals surface area contributed by atoms with Crippen LogP contribution in [0.3, 0.4) is 0 Å². The number of rotatable bonds is 8. The molecule has 0 fully saturated rings. The monoisotopic (exact) mass is 467 g/mol. The van der Waals surface area contributed by atoms with Gasteiger partial charge in [-0.2, -0.15) is 4.98 Å². The van der Waals surface area contributed by atoms with Gasteiger partial charge < -0.3 is 9.84 Å². The zero-order valence-corrected chi connectivity index (χ0v) is 18.3. The van der Waals surface area contributed by atoms with E-state index < -0.39 is 4.92 Å². The number of nitrogens with zero attached hydrogens (tertiary/aromatic N) is 4. The van der Waals surface area contributed by atoms with Gasteiger partial charge in [-0.1, -0.05) is 17.3 Å². The van der Waals surface area contributed by atoms with Gasteiger partial charge in [0.25, 0.3) is 5.69 Å². The minimum atomic E-state index is -0.431. The average molecular weight is 467 g/mol.